The number of hydrogen-bond acceptors (Lipinski definition) is 1. The number of pyridine rings is 1. The summed E-state index contributed by atoms with van der Waals surface area (Å²) in [6.07, 6.45) is 0. The van der Waals surface area contributed by atoms with Crippen LogP contribution >= 0.6 is 0 Å². The Morgan fingerprint density at radius 3 is 2.14 bits per heavy atom. The smallest absolute Gasteiger partial charge is 0.248 e. The summed E-state index contributed by atoms with van der Waals surface area (Å²) in [5, 5.41) is 3.49. The predicted molar refractivity (Wildman–Crippen MR) is 87.5 cm³/mol. The number of benzene rings is 3. The Bertz CT molecular complexity index is 1010. The number of rotatable bonds is 1. The lowest BCUT2D eigenvalue weighted by Gasteiger charge is -2.06. The van der Waals surface area contributed by atoms with Crippen LogP contribution in [-0.2, 0) is 0 Å². The van der Waals surface area contributed by atoms with Gasteiger partial charge in [0, 0.05) is 11.6 Å². The highest BCUT2D eigenvalue weighted by atomic mass is 16.1. The summed E-state index contributed by atoms with van der Waals surface area (Å²) in [6, 6.07) is 24.3. The second-order valence-corrected chi connectivity index (χ2v) is 5.19. The Morgan fingerprint density at radius 1 is 0.619 bits per heavy atom. The standard InChI is InChI=1S/C19H13NO/c21-19-10-9-14-6-8-17(12-18(14)20-19)16-7-5-13-3-1-2-4-15(13)11-16/h1-12H,(H,20,21). The molecule has 2 heteroatoms. The highest BCUT2D eigenvalue weighted by molar-refractivity contribution is 5.89. The second-order valence-electron chi connectivity index (χ2n) is 5.19. The monoisotopic (exact) mass is 271 g/mol. The summed E-state index contributed by atoms with van der Waals surface area (Å²) in [4.78, 5) is 14.3. The molecule has 2 nitrogen and oxygen atoms in total. The van der Waals surface area contributed by atoms with E-state index in [0.717, 1.165) is 22.0 Å². The van der Waals surface area contributed by atoms with Crippen molar-refractivity contribution < 1.29 is 0 Å². The second kappa shape index (κ2) is 4.60. The number of nitrogens with one attached hydrogen (secondary N) is 1. The zero-order valence-corrected chi connectivity index (χ0v) is 11.3. The van der Waals surface area contributed by atoms with Crippen molar-refractivity contribution >= 4 is 21.7 Å². The van der Waals surface area contributed by atoms with E-state index < -0.39 is 0 Å². The van der Waals surface area contributed by atoms with Gasteiger partial charge in [-0.25, -0.2) is 0 Å². The van der Waals surface area contributed by atoms with E-state index >= 15 is 0 Å². The summed E-state index contributed by atoms with van der Waals surface area (Å²) in [7, 11) is 0. The number of hydrogen-bond donors (Lipinski definition) is 1. The molecule has 0 unspecified atom stereocenters. The number of fused-ring (bicyclic) bond motifs is 2. The van der Waals surface area contributed by atoms with Gasteiger partial charge in [-0.2, -0.15) is 0 Å². The maximum Gasteiger partial charge on any atom is 0.248 e. The molecular weight excluding hydrogens is 258 g/mol. The third kappa shape index (κ3) is 2.11. The van der Waals surface area contributed by atoms with Crippen molar-refractivity contribution in [2.75, 3.05) is 0 Å². The van der Waals surface area contributed by atoms with Gasteiger partial charge in [-0.1, -0.05) is 48.5 Å². The molecule has 0 radical (unpaired) electrons. The zero-order valence-electron chi connectivity index (χ0n) is 11.3. The van der Waals surface area contributed by atoms with Crippen LogP contribution in [0.25, 0.3) is 32.8 Å². The molecule has 0 aliphatic rings. The molecule has 0 bridgehead atoms. The van der Waals surface area contributed by atoms with Gasteiger partial charge in [0.1, 0.15) is 0 Å². The van der Waals surface area contributed by atoms with Crippen LogP contribution in [0.3, 0.4) is 0 Å². The quantitative estimate of drug-likeness (QED) is 0.548. The molecule has 21 heavy (non-hydrogen) atoms. The molecular formula is C19H13NO. The third-order valence-electron chi connectivity index (χ3n) is 3.81. The minimum absolute atomic E-state index is 0.0711. The number of aromatic amines is 1. The van der Waals surface area contributed by atoms with Gasteiger partial charge in [-0.15, -0.1) is 0 Å². The van der Waals surface area contributed by atoms with Crippen molar-refractivity contribution in [3.63, 3.8) is 0 Å². The average molecular weight is 271 g/mol. The summed E-state index contributed by atoms with van der Waals surface area (Å²) in [6.45, 7) is 0. The van der Waals surface area contributed by atoms with E-state index in [9.17, 15) is 4.79 Å². The minimum atomic E-state index is -0.0711. The number of aromatic nitrogens is 1. The molecule has 0 aliphatic heterocycles. The van der Waals surface area contributed by atoms with Crippen molar-refractivity contribution in [2.45, 2.75) is 0 Å². The highest BCUT2D eigenvalue weighted by Gasteiger charge is 2.02. The van der Waals surface area contributed by atoms with Gasteiger partial charge >= 0.3 is 0 Å². The topological polar surface area (TPSA) is 32.9 Å². The van der Waals surface area contributed by atoms with Gasteiger partial charge in [-0.05, 0) is 45.5 Å². The summed E-state index contributed by atoms with van der Waals surface area (Å²) in [5.74, 6) is 0. The van der Waals surface area contributed by atoms with Crippen molar-refractivity contribution in [2.24, 2.45) is 0 Å². The van der Waals surface area contributed by atoms with Crippen LogP contribution in [-0.4, -0.2) is 4.98 Å². The Balaban J connectivity index is 1.92. The van der Waals surface area contributed by atoms with Gasteiger partial charge in [-0.3, -0.25) is 4.79 Å². The number of H-pyrrole nitrogens is 1. The van der Waals surface area contributed by atoms with E-state index in [4.69, 9.17) is 0 Å². The fraction of sp³-hybridized carbons (Fsp3) is 0. The van der Waals surface area contributed by atoms with Crippen LogP contribution < -0.4 is 5.56 Å². The lowest BCUT2D eigenvalue weighted by Crippen LogP contribution is -2.02. The lowest BCUT2D eigenvalue weighted by molar-refractivity contribution is 1.31. The van der Waals surface area contributed by atoms with Crippen LogP contribution in [0.2, 0.25) is 0 Å². The normalized spacial score (nSPS) is 11.0. The van der Waals surface area contributed by atoms with Crippen LogP contribution in [0.5, 0.6) is 0 Å². The maximum atomic E-state index is 11.5. The molecule has 1 aromatic heterocycles. The van der Waals surface area contributed by atoms with Gasteiger partial charge < -0.3 is 4.98 Å². The Hall–Kier alpha value is -2.87. The Labute approximate surface area is 121 Å². The summed E-state index contributed by atoms with van der Waals surface area (Å²) >= 11 is 0. The summed E-state index contributed by atoms with van der Waals surface area (Å²) in [5.41, 5.74) is 3.06. The first-order chi connectivity index (χ1) is 10.3. The zero-order chi connectivity index (χ0) is 14.2. The van der Waals surface area contributed by atoms with E-state index in [2.05, 4.69) is 41.4 Å². The first-order valence-corrected chi connectivity index (χ1v) is 6.92. The molecule has 0 amide bonds. The van der Waals surface area contributed by atoms with Gasteiger partial charge in [0.2, 0.25) is 5.56 Å². The van der Waals surface area contributed by atoms with Gasteiger partial charge in [0.15, 0.2) is 0 Å². The molecule has 0 spiro atoms. The predicted octanol–water partition coefficient (Wildman–Crippen LogP) is 4.35. The van der Waals surface area contributed by atoms with Crippen LogP contribution in [0.15, 0.2) is 77.6 Å². The fourth-order valence-corrected chi connectivity index (χ4v) is 2.70. The highest BCUT2D eigenvalue weighted by Crippen LogP contribution is 2.26. The first-order valence-electron chi connectivity index (χ1n) is 6.92. The van der Waals surface area contributed by atoms with Gasteiger partial charge in [0.05, 0.1) is 0 Å². The molecule has 0 saturated carbocycles. The van der Waals surface area contributed by atoms with E-state index in [1.165, 1.54) is 10.8 Å². The average Bonchev–Trinajstić information content (AvgIpc) is 2.53. The molecule has 1 N–H and O–H groups in total. The summed E-state index contributed by atoms with van der Waals surface area (Å²) < 4.78 is 0. The van der Waals surface area contributed by atoms with E-state index in [-0.39, 0.29) is 5.56 Å². The fourth-order valence-electron chi connectivity index (χ4n) is 2.70. The lowest BCUT2D eigenvalue weighted by atomic mass is 10.0. The van der Waals surface area contributed by atoms with Crippen molar-refractivity contribution in [3.8, 4) is 11.1 Å². The van der Waals surface area contributed by atoms with E-state index in [1.54, 1.807) is 6.07 Å². The Morgan fingerprint density at radius 2 is 1.29 bits per heavy atom. The molecule has 100 valence electrons. The molecule has 0 fully saturated rings. The van der Waals surface area contributed by atoms with Crippen LogP contribution in [0.4, 0.5) is 0 Å². The maximum absolute atomic E-state index is 11.5. The molecule has 0 saturated heterocycles. The molecule has 0 atom stereocenters. The van der Waals surface area contributed by atoms with Crippen molar-refractivity contribution in [1.82, 2.24) is 4.98 Å². The molecule has 0 aliphatic carbocycles. The van der Waals surface area contributed by atoms with E-state index in [1.807, 2.05) is 30.3 Å². The molecule has 1 heterocycles. The third-order valence-corrected chi connectivity index (χ3v) is 3.81. The molecule has 4 aromatic rings. The van der Waals surface area contributed by atoms with Crippen molar-refractivity contribution in [3.05, 3.63) is 83.2 Å². The molecule has 4 rings (SSSR count). The van der Waals surface area contributed by atoms with Crippen LogP contribution in [0, 0.1) is 0 Å². The molecule has 3 aromatic carbocycles. The van der Waals surface area contributed by atoms with Gasteiger partial charge in [0.25, 0.3) is 0 Å². The first kappa shape index (κ1) is 11.9. The van der Waals surface area contributed by atoms with E-state index in [0.29, 0.717) is 0 Å². The Kier molecular flexibility index (Phi) is 2.61. The largest absolute Gasteiger partial charge is 0.322 e. The SMILES string of the molecule is O=c1ccc2ccc(-c3ccc4ccccc4c3)cc2[nH]1. The van der Waals surface area contributed by atoms with Crippen molar-refractivity contribution in [1.29, 1.82) is 0 Å². The van der Waals surface area contributed by atoms with Crippen LogP contribution in [0.1, 0.15) is 0 Å². The minimum Gasteiger partial charge on any atom is -0.322 e.